The van der Waals surface area contributed by atoms with Crippen LogP contribution in [0.2, 0.25) is 5.02 Å². The van der Waals surface area contributed by atoms with Gasteiger partial charge < -0.3 is 10.1 Å². The van der Waals surface area contributed by atoms with Crippen LogP contribution < -0.4 is 10.1 Å². The number of hydrogen-bond donors (Lipinski definition) is 1. The number of nitrogens with zero attached hydrogens (tertiary/aromatic N) is 5. The van der Waals surface area contributed by atoms with Crippen LogP contribution in [-0.2, 0) is 6.54 Å². The Kier molecular flexibility index (Phi) is 6.34. The number of fused-ring (bicyclic) bond motifs is 1. The fraction of sp³-hybridized carbons (Fsp3) is 0.120. The average Bonchev–Trinajstić information content (AvgIpc) is 3.46. The van der Waals surface area contributed by atoms with Crippen molar-refractivity contribution in [3.05, 3.63) is 94.9 Å². The van der Waals surface area contributed by atoms with Crippen molar-refractivity contribution in [2.75, 3.05) is 12.4 Å². The predicted octanol–water partition coefficient (Wildman–Crippen LogP) is 5.49. The molecule has 0 aliphatic rings. The van der Waals surface area contributed by atoms with Crippen LogP contribution in [0.25, 0.3) is 16.9 Å². The van der Waals surface area contributed by atoms with Gasteiger partial charge in [-0.1, -0.05) is 54.1 Å². The SMILES string of the molecule is COc1ccccc1-c1cc(C(F)F)n2ncc(C(=O)Nc3nn(Cc4ccccc4)cc3Cl)c2n1. The number of carbonyl (C=O) groups excluding carboxylic acids is 1. The zero-order valence-corrected chi connectivity index (χ0v) is 19.7. The Morgan fingerprint density at radius 1 is 1.14 bits per heavy atom. The normalized spacial score (nSPS) is 11.2. The van der Waals surface area contributed by atoms with Crippen molar-refractivity contribution < 1.29 is 18.3 Å². The number of para-hydroxylation sites is 1. The van der Waals surface area contributed by atoms with E-state index in [0.717, 1.165) is 10.1 Å². The van der Waals surface area contributed by atoms with E-state index in [4.69, 9.17) is 16.3 Å². The number of aromatic nitrogens is 5. The number of rotatable bonds is 7. The summed E-state index contributed by atoms with van der Waals surface area (Å²) < 4.78 is 35.7. The Labute approximate surface area is 209 Å². The van der Waals surface area contributed by atoms with Crippen molar-refractivity contribution >= 4 is 29.0 Å². The fourth-order valence-corrected chi connectivity index (χ4v) is 4.00. The molecule has 0 fully saturated rings. The van der Waals surface area contributed by atoms with E-state index in [0.29, 0.717) is 17.9 Å². The largest absolute Gasteiger partial charge is 0.496 e. The first-order valence-corrected chi connectivity index (χ1v) is 11.2. The minimum atomic E-state index is -2.86. The molecule has 3 aromatic heterocycles. The van der Waals surface area contributed by atoms with Gasteiger partial charge >= 0.3 is 0 Å². The lowest BCUT2D eigenvalue weighted by molar-refractivity contribution is 0.102. The summed E-state index contributed by atoms with van der Waals surface area (Å²) in [6, 6.07) is 17.7. The molecule has 0 bridgehead atoms. The van der Waals surface area contributed by atoms with E-state index in [1.165, 1.54) is 19.4 Å². The van der Waals surface area contributed by atoms with Gasteiger partial charge in [-0.15, -0.1) is 0 Å². The Hall–Kier alpha value is -4.31. The van der Waals surface area contributed by atoms with Crippen LogP contribution in [0.4, 0.5) is 14.6 Å². The van der Waals surface area contributed by atoms with Gasteiger partial charge in [-0.3, -0.25) is 9.48 Å². The van der Waals surface area contributed by atoms with Crippen molar-refractivity contribution in [1.29, 1.82) is 0 Å². The van der Waals surface area contributed by atoms with Gasteiger partial charge in [0.1, 0.15) is 22.0 Å². The highest BCUT2D eigenvalue weighted by molar-refractivity contribution is 6.33. The number of carbonyl (C=O) groups is 1. The number of benzene rings is 2. The summed E-state index contributed by atoms with van der Waals surface area (Å²) in [5, 5.41) is 11.2. The lowest BCUT2D eigenvalue weighted by Crippen LogP contribution is -2.14. The molecular formula is C25H19ClF2N6O2. The molecule has 0 aliphatic heterocycles. The van der Waals surface area contributed by atoms with Crippen LogP contribution in [0.1, 0.15) is 28.0 Å². The molecule has 1 N–H and O–H groups in total. The highest BCUT2D eigenvalue weighted by atomic mass is 35.5. The summed E-state index contributed by atoms with van der Waals surface area (Å²) >= 11 is 6.29. The molecule has 1 amide bonds. The fourth-order valence-electron chi connectivity index (χ4n) is 3.80. The summed E-state index contributed by atoms with van der Waals surface area (Å²) in [5.74, 6) is -0.0514. The molecule has 11 heteroatoms. The van der Waals surface area contributed by atoms with Crippen molar-refractivity contribution in [3.8, 4) is 17.0 Å². The second-order valence-corrected chi connectivity index (χ2v) is 8.23. The summed E-state index contributed by atoms with van der Waals surface area (Å²) in [6.07, 6.45) is -0.0830. The molecule has 0 unspecified atom stereocenters. The first-order chi connectivity index (χ1) is 17.4. The number of ether oxygens (including phenoxy) is 1. The highest BCUT2D eigenvalue weighted by Gasteiger charge is 2.23. The first kappa shape index (κ1) is 23.4. The van der Waals surface area contributed by atoms with Crippen LogP contribution in [0.3, 0.4) is 0 Å². The molecule has 0 saturated heterocycles. The Bertz CT molecular complexity index is 1550. The third-order valence-electron chi connectivity index (χ3n) is 5.49. The minimum Gasteiger partial charge on any atom is -0.496 e. The molecule has 0 saturated carbocycles. The zero-order chi connectivity index (χ0) is 25.2. The van der Waals surface area contributed by atoms with E-state index >= 15 is 0 Å². The molecule has 5 aromatic rings. The zero-order valence-electron chi connectivity index (χ0n) is 18.9. The van der Waals surface area contributed by atoms with Gasteiger partial charge in [0.25, 0.3) is 12.3 Å². The molecule has 0 atom stereocenters. The Balaban J connectivity index is 1.50. The smallest absolute Gasteiger partial charge is 0.280 e. The molecular weight excluding hydrogens is 490 g/mol. The van der Waals surface area contributed by atoms with Crippen LogP contribution in [0, 0.1) is 0 Å². The predicted molar refractivity (Wildman–Crippen MR) is 131 cm³/mol. The number of anilines is 1. The third-order valence-corrected chi connectivity index (χ3v) is 5.76. The molecule has 2 aromatic carbocycles. The number of hydrogen-bond acceptors (Lipinski definition) is 5. The van der Waals surface area contributed by atoms with Crippen molar-refractivity contribution in [2.45, 2.75) is 13.0 Å². The molecule has 0 spiro atoms. The van der Waals surface area contributed by atoms with Gasteiger partial charge in [0.05, 0.1) is 25.5 Å². The van der Waals surface area contributed by atoms with Crippen molar-refractivity contribution in [3.63, 3.8) is 0 Å². The highest BCUT2D eigenvalue weighted by Crippen LogP contribution is 2.32. The Morgan fingerprint density at radius 3 is 2.64 bits per heavy atom. The number of nitrogens with one attached hydrogen (secondary N) is 1. The summed E-state index contributed by atoms with van der Waals surface area (Å²) in [7, 11) is 1.48. The number of halogens is 3. The summed E-state index contributed by atoms with van der Waals surface area (Å²) in [6.45, 7) is 0.453. The molecule has 182 valence electrons. The average molecular weight is 509 g/mol. The summed E-state index contributed by atoms with van der Waals surface area (Å²) in [4.78, 5) is 17.6. The van der Waals surface area contributed by atoms with Crippen molar-refractivity contribution in [2.24, 2.45) is 0 Å². The van der Waals surface area contributed by atoms with Gasteiger partial charge in [-0.2, -0.15) is 10.2 Å². The molecule has 36 heavy (non-hydrogen) atoms. The lowest BCUT2D eigenvalue weighted by atomic mass is 10.1. The number of methoxy groups -OCH3 is 1. The van der Waals surface area contributed by atoms with Crippen molar-refractivity contribution in [1.82, 2.24) is 24.4 Å². The van der Waals surface area contributed by atoms with E-state index in [1.54, 1.807) is 35.1 Å². The minimum absolute atomic E-state index is 0.0117. The van der Waals surface area contributed by atoms with Crippen LogP contribution >= 0.6 is 11.6 Å². The van der Waals surface area contributed by atoms with E-state index < -0.39 is 18.0 Å². The van der Waals surface area contributed by atoms with Gasteiger partial charge in [0.2, 0.25) is 0 Å². The monoisotopic (exact) mass is 508 g/mol. The van der Waals surface area contributed by atoms with Crippen LogP contribution in [-0.4, -0.2) is 37.4 Å². The lowest BCUT2D eigenvalue weighted by Gasteiger charge is -2.11. The van der Waals surface area contributed by atoms with Crippen LogP contribution in [0.5, 0.6) is 5.75 Å². The topological polar surface area (TPSA) is 86.3 Å². The molecule has 3 heterocycles. The van der Waals surface area contributed by atoms with E-state index in [-0.39, 0.29) is 27.7 Å². The molecule has 8 nitrogen and oxygen atoms in total. The Morgan fingerprint density at radius 2 is 1.89 bits per heavy atom. The maximum absolute atomic E-state index is 13.9. The molecule has 0 aliphatic carbocycles. The summed E-state index contributed by atoms with van der Waals surface area (Å²) in [5.41, 5.74) is 1.26. The van der Waals surface area contributed by atoms with Crippen LogP contribution in [0.15, 0.2) is 73.1 Å². The first-order valence-electron chi connectivity index (χ1n) is 10.8. The second kappa shape index (κ2) is 9.74. The van der Waals surface area contributed by atoms with E-state index in [1.807, 2.05) is 30.3 Å². The van der Waals surface area contributed by atoms with Gasteiger partial charge in [-0.25, -0.2) is 18.3 Å². The van der Waals surface area contributed by atoms with E-state index in [9.17, 15) is 13.6 Å². The maximum Gasteiger partial charge on any atom is 0.280 e. The van der Waals surface area contributed by atoms with Gasteiger partial charge in [0, 0.05) is 11.8 Å². The van der Waals surface area contributed by atoms with Gasteiger partial charge in [-0.05, 0) is 23.8 Å². The maximum atomic E-state index is 13.9. The van der Waals surface area contributed by atoms with Gasteiger partial charge in [0.15, 0.2) is 11.5 Å². The molecule has 5 rings (SSSR count). The number of alkyl halides is 2. The second-order valence-electron chi connectivity index (χ2n) is 7.82. The van der Waals surface area contributed by atoms with E-state index in [2.05, 4.69) is 20.5 Å². The number of amides is 1. The third kappa shape index (κ3) is 4.50. The standard InChI is InChI=1S/C25H19ClF2N6O2/c1-36-21-10-6-5-9-16(21)19-11-20(22(27)28)34-24(30-19)17(12-29-34)25(35)31-23-18(26)14-33(32-23)13-15-7-3-2-4-8-15/h2-12,14,22H,13H2,1H3,(H,31,32,35). The quantitative estimate of drug-likeness (QED) is 0.314. The molecule has 0 radical (unpaired) electrons.